The number of nitriles is 1. The molecule has 2 aromatic rings. The minimum atomic E-state index is -4.43. The highest BCUT2D eigenvalue weighted by atomic mass is 19.4. The average Bonchev–Trinajstić information content (AvgIpc) is 2.86. The smallest absolute Gasteiger partial charge is 0.270 e. The molecule has 0 saturated carbocycles. The van der Waals surface area contributed by atoms with Gasteiger partial charge in [0.05, 0.1) is 23.4 Å². The van der Waals surface area contributed by atoms with Crippen molar-refractivity contribution in [3.8, 4) is 17.2 Å². The zero-order valence-electron chi connectivity index (χ0n) is 10.9. The van der Waals surface area contributed by atoms with Crippen LogP contribution in [0, 0.1) is 11.3 Å². The summed E-state index contributed by atoms with van der Waals surface area (Å²) in [6, 6.07) is 5.09. The largest absolute Gasteiger partial charge is 0.416 e. The van der Waals surface area contributed by atoms with E-state index in [-0.39, 0.29) is 17.2 Å². The maximum atomic E-state index is 12.7. The van der Waals surface area contributed by atoms with E-state index >= 15 is 0 Å². The summed E-state index contributed by atoms with van der Waals surface area (Å²) in [5.74, 6) is 0. The van der Waals surface area contributed by atoms with Crippen molar-refractivity contribution in [3.63, 3.8) is 0 Å². The second kappa shape index (κ2) is 5.00. The van der Waals surface area contributed by atoms with Crippen LogP contribution in [0.5, 0.6) is 0 Å². The highest BCUT2D eigenvalue weighted by molar-refractivity contribution is 5.70. The van der Waals surface area contributed by atoms with Crippen molar-refractivity contribution < 1.29 is 13.2 Å². The molecule has 0 aliphatic rings. The van der Waals surface area contributed by atoms with Gasteiger partial charge in [0.15, 0.2) is 0 Å². The van der Waals surface area contributed by atoms with E-state index in [9.17, 15) is 13.2 Å². The van der Waals surface area contributed by atoms with E-state index in [2.05, 4.69) is 5.10 Å². The molecule has 2 rings (SSSR count). The Morgan fingerprint density at radius 1 is 1.30 bits per heavy atom. The number of hydrogen-bond donors (Lipinski definition) is 0. The van der Waals surface area contributed by atoms with Crippen LogP contribution in [0.4, 0.5) is 13.2 Å². The fourth-order valence-electron chi connectivity index (χ4n) is 1.82. The van der Waals surface area contributed by atoms with Gasteiger partial charge in [-0.1, -0.05) is 0 Å². The molecule has 0 saturated heterocycles. The lowest BCUT2D eigenvalue weighted by molar-refractivity contribution is -0.137. The third-order valence-electron chi connectivity index (χ3n) is 2.91. The molecule has 0 radical (unpaired) electrons. The number of hydrogen-bond acceptors (Lipinski definition) is 2. The van der Waals surface area contributed by atoms with E-state index in [1.165, 1.54) is 12.3 Å². The molecule has 0 aliphatic carbocycles. The molecule has 104 valence electrons. The molecule has 20 heavy (non-hydrogen) atoms. The molecule has 0 unspecified atom stereocenters. The average molecular weight is 279 g/mol. The lowest BCUT2D eigenvalue weighted by atomic mass is 10.00. The van der Waals surface area contributed by atoms with E-state index < -0.39 is 11.7 Å². The number of halogens is 3. The summed E-state index contributed by atoms with van der Waals surface area (Å²) >= 11 is 0. The standard InChI is InChI=1S/C14H12F3N3/c1-9(2)20-8-11(7-19-20)13-5-12(14(15,16)17)4-3-10(13)6-18/h3-5,7-9H,1-2H3. The fourth-order valence-corrected chi connectivity index (χ4v) is 1.82. The highest BCUT2D eigenvalue weighted by Gasteiger charge is 2.31. The predicted molar refractivity (Wildman–Crippen MR) is 67.8 cm³/mol. The molecule has 0 fully saturated rings. The third-order valence-corrected chi connectivity index (χ3v) is 2.91. The van der Waals surface area contributed by atoms with Gasteiger partial charge in [-0.3, -0.25) is 4.68 Å². The molecule has 0 bridgehead atoms. The van der Waals surface area contributed by atoms with Gasteiger partial charge in [0.1, 0.15) is 0 Å². The first kappa shape index (κ1) is 14.1. The summed E-state index contributed by atoms with van der Waals surface area (Å²) in [5.41, 5.74) is 0.167. The second-order valence-electron chi connectivity index (χ2n) is 4.67. The molecule has 1 heterocycles. The molecular weight excluding hydrogens is 267 g/mol. The highest BCUT2D eigenvalue weighted by Crippen LogP contribution is 2.33. The van der Waals surface area contributed by atoms with E-state index in [1.807, 2.05) is 19.9 Å². The summed E-state index contributed by atoms with van der Waals surface area (Å²) < 4.78 is 39.9. The van der Waals surface area contributed by atoms with Crippen LogP contribution in [0.25, 0.3) is 11.1 Å². The van der Waals surface area contributed by atoms with Gasteiger partial charge in [0, 0.05) is 23.4 Å². The topological polar surface area (TPSA) is 41.6 Å². The minimum absolute atomic E-state index is 0.0973. The minimum Gasteiger partial charge on any atom is -0.270 e. The molecule has 3 nitrogen and oxygen atoms in total. The first-order valence-corrected chi connectivity index (χ1v) is 5.99. The fraction of sp³-hybridized carbons (Fsp3) is 0.286. The summed E-state index contributed by atoms with van der Waals surface area (Å²) in [5, 5.41) is 13.1. The van der Waals surface area contributed by atoms with Gasteiger partial charge >= 0.3 is 6.18 Å². The second-order valence-corrected chi connectivity index (χ2v) is 4.67. The summed E-state index contributed by atoms with van der Waals surface area (Å²) in [4.78, 5) is 0. The predicted octanol–water partition coefficient (Wildman–Crippen LogP) is 4.02. The molecule has 1 aromatic heterocycles. The van der Waals surface area contributed by atoms with E-state index in [0.717, 1.165) is 12.1 Å². The molecule has 6 heteroatoms. The zero-order valence-corrected chi connectivity index (χ0v) is 10.9. The van der Waals surface area contributed by atoms with E-state index in [0.29, 0.717) is 5.56 Å². The van der Waals surface area contributed by atoms with Crippen LogP contribution in [0.3, 0.4) is 0 Å². The number of aromatic nitrogens is 2. The van der Waals surface area contributed by atoms with Crippen LogP contribution in [0.1, 0.15) is 31.0 Å². The molecule has 0 N–H and O–H groups in total. The number of alkyl halides is 3. The molecule has 0 amide bonds. The number of benzene rings is 1. The Morgan fingerprint density at radius 3 is 2.50 bits per heavy atom. The van der Waals surface area contributed by atoms with Crippen molar-refractivity contribution >= 4 is 0 Å². The Hall–Kier alpha value is -2.29. The quantitative estimate of drug-likeness (QED) is 0.833. The Labute approximate surface area is 114 Å². The Bertz CT molecular complexity index is 663. The number of rotatable bonds is 2. The lowest BCUT2D eigenvalue weighted by Gasteiger charge is -2.09. The van der Waals surface area contributed by atoms with E-state index in [4.69, 9.17) is 5.26 Å². The third kappa shape index (κ3) is 2.67. The van der Waals surface area contributed by atoms with Crippen molar-refractivity contribution in [2.24, 2.45) is 0 Å². The summed E-state index contributed by atoms with van der Waals surface area (Å²) in [6.07, 6.45) is -1.33. The van der Waals surface area contributed by atoms with E-state index in [1.54, 1.807) is 10.9 Å². The van der Waals surface area contributed by atoms with Gasteiger partial charge in [-0.05, 0) is 32.0 Å². The Balaban J connectivity index is 2.56. The first-order chi connectivity index (χ1) is 9.32. The van der Waals surface area contributed by atoms with Crippen LogP contribution in [0.2, 0.25) is 0 Å². The van der Waals surface area contributed by atoms with Crippen LogP contribution in [0.15, 0.2) is 30.6 Å². The van der Waals surface area contributed by atoms with Crippen molar-refractivity contribution in [3.05, 3.63) is 41.7 Å². The first-order valence-electron chi connectivity index (χ1n) is 5.99. The molecule has 0 spiro atoms. The van der Waals surface area contributed by atoms with Gasteiger partial charge < -0.3 is 0 Å². The zero-order chi connectivity index (χ0) is 14.9. The van der Waals surface area contributed by atoms with Crippen LogP contribution < -0.4 is 0 Å². The summed E-state index contributed by atoms with van der Waals surface area (Å²) in [6.45, 7) is 3.82. The van der Waals surface area contributed by atoms with Crippen molar-refractivity contribution in [1.29, 1.82) is 5.26 Å². The van der Waals surface area contributed by atoms with Crippen molar-refractivity contribution in [1.82, 2.24) is 9.78 Å². The van der Waals surface area contributed by atoms with Gasteiger partial charge in [0.2, 0.25) is 0 Å². The summed E-state index contributed by atoms with van der Waals surface area (Å²) in [7, 11) is 0. The molecule has 0 atom stereocenters. The SMILES string of the molecule is CC(C)n1cc(-c2cc(C(F)(F)F)ccc2C#N)cn1. The van der Waals surface area contributed by atoms with Crippen LogP contribution in [-0.2, 0) is 6.18 Å². The Morgan fingerprint density at radius 2 is 2.00 bits per heavy atom. The molecule has 0 aliphatic heterocycles. The normalized spacial score (nSPS) is 11.7. The maximum Gasteiger partial charge on any atom is 0.416 e. The molecule has 1 aromatic carbocycles. The number of nitrogens with zero attached hydrogens (tertiary/aromatic N) is 3. The lowest BCUT2D eigenvalue weighted by Crippen LogP contribution is -2.05. The maximum absolute atomic E-state index is 12.7. The van der Waals surface area contributed by atoms with Gasteiger partial charge in [-0.25, -0.2) is 0 Å². The Kier molecular flexibility index (Phi) is 3.53. The van der Waals surface area contributed by atoms with Crippen molar-refractivity contribution in [2.75, 3.05) is 0 Å². The van der Waals surface area contributed by atoms with Gasteiger partial charge in [-0.15, -0.1) is 0 Å². The van der Waals surface area contributed by atoms with Gasteiger partial charge in [0.25, 0.3) is 0 Å². The van der Waals surface area contributed by atoms with Crippen molar-refractivity contribution in [2.45, 2.75) is 26.1 Å². The van der Waals surface area contributed by atoms with Gasteiger partial charge in [-0.2, -0.15) is 23.5 Å². The van der Waals surface area contributed by atoms with Crippen LogP contribution in [-0.4, -0.2) is 9.78 Å². The monoisotopic (exact) mass is 279 g/mol. The van der Waals surface area contributed by atoms with Crippen LogP contribution >= 0.6 is 0 Å². The molecular formula is C14H12F3N3.